The Kier molecular flexibility index (Phi) is 6.28. The van der Waals surface area contributed by atoms with Crippen LogP contribution in [0.5, 0.6) is 0 Å². The van der Waals surface area contributed by atoms with Gasteiger partial charge in [0.2, 0.25) is 0 Å². The van der Waals surface area contributed by atoms with Gasteiger partial charge < -0.3 is 9.68 Å². The van der Waals surface area contributed by atoms with Crippen LogP contribution in [-0.4, -0.2) is 26.1 Å². The lowest BCUT2D eigenvalue weighted by atomic mass is 9.32. The molecule has 0 aliphatic heterocycles. The van der Waals surface area contributed by atoms with Crippen LogP contribution in [0, 0.1) is 56.7 Å². The third-order valence-corrected chi connectivity index (χ3v) is 13.5. The molecular weight excluding hydrogens is 444 g/mol. The van der Waals surface area contributed by atoms with E-state index in [2.05, 4.69) is 64.6 Å². The summed E-state index contributed by atoms with van der Waals surface area (Å²) in [5, 5.41) is 8.95. The summed E-state index contributed by atoms with van der Waals surface area (Å²) in [4.78, 5) is 10.6. The minimum absolute atomic E-state index is 0.108. The molecule has 0 unspecified atom stereocenters. The van der Waals surface area contributed by atoms with Crippen LogP contribution < -0.4 is 0 Å². The smallest absolute Gasteiger partial charge is 0.106 e. The molecule has 0 aromatic rings. The second-order valence-corrected chi connectivity index (χ2v) is 14.8. The van der Waals surface area contributed by atoms with Crippen LogP contribution in [0.15, 0.2) is 22.5 Å². The molecule has 4 heteroatoms. The molecule has 0 bridgehead atoms. The Morgan fingerprint density at radius 1 is 0.861 bits per heavy atom. The molecule has 0 radical (unpaired) electrons. The van der Waals surface area contributed by atoms with Crippen molar-refractivity contribution in [1.82, 2.24) is 0 Å². The average Bonchev–Trinajstić information content (AvgIpc) is 3.20. The number of hydrogen-bond acceptors (Lipinski definition) is 4. The van der Waals surface area contributed by atoms with Gasteiger partial charge in [0.25, 0.3) is 0 Å². The van der Waals surface area contributed by atoms with Gasteiger partial charge in [-0.05, 0) is 117 Å². The highest BCUT2D eigenvalue weighted by molar-refractivity contribution is 5.90. The molecule has 5 aliphatic rings. The summed E-state index contributed by atoms with van der Waals surface area (Å²) in [5.41, 5.74) is 4.07. The summed E-state index contributed by atoms with van der Waals surface area (Å²) >= 11 is 0. The van der Waals surface area contributed by atoms with Crippen LogP contribution in [0.1, 0.15) is 106 Å². The van der Waals surface area contributed by atoms with Crippen molar-refractivity contribution in [2.75, 3.05) is 14.2 Å². The fraction of sp³-hybridized carbons (Fsp3) is 0.875. The highest BCUT2D eigenvalue weighted by Crippen LogP contribution is 2.77. The molecule has 4 nitrogen and oxygen atoms in total. The minimum atomic E-state index is 0.108. The van der Waals surface area contributed by atoms with Crippen molar-refractivity contribution < 1.29 is 9.68 Å². The van der Waals surface area contributed by atoms with Crippen LogP contribution in [0.3, 0.4) is 0 Å². The minimum Gasteiger partial charge on any atom is -0.399 e. The largest absolute Gasteiger partial charge is 0.399 e. The Labute approximate surface area is 220 Å². The second-order valence-electron chi connectivity index (χ2n) is 14.8. The van der Waals surface area contributed by atoms with E-state index < -0.39 is 0 Å². The first-order valence-corrected chi connectivity index (χ1v) is 14.7. The summed E-state index contributed by atoms with van der Waals surface area (Å²) in [7, 11) is 3.40. The molecule has 5 aliphatic carbocycles. The highest BCUT2D eigenvalue weighted by Gasteiger charge is 2.70. The molecule has 0 heterocycles. The Balaban J connectivity index is 1.54. The third-order valence-electron chi connectivity index (χ3n) is 13.5. The normalized spacial score (nSPS) is 50.7. The van der Waals surface area contributed by atoms with Crippen molar-refractivity contribution in [3.05, 3.63) is 12.2 Å². The van der Waals surface area contributed by atoms with Crippen molar-refractivity contribution in [2.45, 2.75) is 106 Å². The van der Waals surface area contributed by atoms with Crippen molar-refractivity contribution in [1.29, 1.82) is 0 Å². The SMILES string of the molecule is C=C(C)[C@@H]1CC[C@]2(/C=N/OC)CC[C@]3(C)[C@H](CC[C@@H]4[C@@]5(C)CC/C(=N\OC)C(C)(C)[C@@H]5CC[C@]43C)[C@@H]12. The molecule has 0 amide bonds. The quantitative estimate of drug-likeness (QED) is 0.223. The number of allylic oxidation sites excluding steroid dienone is 1. The molecule has 0 aromatic heterocycles. The number of nitrogens with zero attached hydrogens (tertiary/aromatic N) is 2. The lowest BCUT2D eigenvalue weighted by Gasteiger charge is -2.72. The molecule has 0 spiro atoms. The van der Waals surface area contributed by atoms with Crippen LogP contribution in [0.2, 0.25) is 0 Å². The molecule has 5 fully saturated rings. The number of rotatable bonds is 4. The summed E-state index contributed by atoms with van der Waals surface area (Å²) < 4.78 is 0. The van der Waals surface area contributed by atoms with E-state index in [9.17, 15) is 0 Å². The van der Waals surface area contributed by atoms with E-state index in [0.29, 0.717) is 34.0 Å². The second kappa shape index (κ2) is 8.60. The van der Waals surface area contributed by atoms with Gasteiger partial charge in [-0.2, -0.15) is 0 Å². The molecule has 9 atom stereocenters. The van der Waals surface area contributed by atoms with Crippen LogP contribution in [0.25, 0.3) is 0 Å². The Bertz CT molecular complexity index is 954. The molecule has 36 heavy (non-hydrogen) atoms. The van der Waals surface area contributed by atoms with Gasteiger partial charge in [0.05, 0.1) is 11.9 Å². The van der Waals surface area contributed by atoms with Crippen LogP contribution >= 0.6 is 0 Å². The number of oxime groups is 2. The van der Waals surface area contributed by atoms with Gasteiger partial charge in [0.15, 0.2) is 0 Å². The molecule has 0 N–H and O–H groups in total. The molecule has 202 valence electrons. The van der Waals surface area contributed by atoms with E-state index in [1.54, 1.807) is 14.2 Å². The van der Waals surface area contributed by atoms with Crippen molar-refractivity contribution in [3.63, 3.8) is 0 Å². The number of hydrogen-bond donors (Lipinski definition) is 0. The zero-order valence-electron chi connectivity index (χ0n) is 24.5. The maximum absolute atomic E-state index is 5.31. The lowest BCUT2D eigenvalue weighted by Crippen LogP contribution is -2.66. The molecule has 0 saturated heterocycles. The fourth-order valence-corrected chi connectivity index (χ4v) is 11.7. The van der Waals surface area contributed by atoms with Crippen LogP contribution in [-0.2, 0) is 9.68 Å². The monoisotopic (exact) mass is 496 g/mol. The van der Waals surface area contributed by atoms with Gasteiger partial charge in [0, 0.05) is 10.8 Å². The fourth-order valence-electron chi connectivity index (χ4n) is 11.7. The van der Waals surface area contributed by atoms with Gasteiger partial charge >= 0.3 is 0 Å². The van der Waals surface area contributed by atoms with Gasteiger partial charge in [0.1, 0.15) is 14.2 Å². The van der Waals surface area contributed by atoms with Crippen LogP contribution in [0.4, 0.5) is 0 Å². The third kappa shape index (κ3) is 3.30. The van der Waals surface area contributed by atoms with Gasteiger partial charge in [-0.15, -0.1) is 0 Å². The summed E-state index contributed by atoms with van der Waals surface area (Å²) in [6.07, 6.45) is 15.0. The maximum Gasteiger partial charge on any atom is 0.106 e. The number of fused-ring (bicyclic) bond motifs is 7. The molecule has 5 rings (SSSR count). The topological polar surface area (TPSA) is 43.2 Å². The van der Waals surface area contributed by atoms with Gasteiger partial charge in [-0.3, -0.25) is 0 Å². The van der Waals surface area contributed by atoms with E-state index in [1.165, 1.54) is 69.1 Å². The summed E-state index contributed by atoms with van der Waals surface area (Å²) in [6, 6.07) is 0. The predicted octanol–water partition coefficient (Wildman–Crippen LogP) is 8.28. The van der Waals surface area contributed by atoms with E-state index >= 15 is 0 Å². The summed E-state index contributed by atoms with van der Waals surface area (Å²) in [5.74, 6) is 3.46. The Morgan fingerprint density at radius 3 is 2.28 bits per heavy atom. The van der Waals surface area contributed by atoms with E-state index in [4.69, 9.17) is 9.68 Å². The van der Waals surface area contributed by atoms with Crippen molar-refractivity contribution in [3.8, 4) is 0 Å². The standard InChI is InChI=1S/C32H52N2O2/c1-21(2)22-12-17-32(20-33-35-8)19-18-30(6)23(27(22)32)10-11-25-29(5)15-14-26(34-36-9)28(3,4)24(29)13-16-31(25,30)7/h20,22-25,27H,1,10-19H2,2-9H3/b33-20+,34-26+/t22-,23+,24-,25+,27+,29-,30+,31+,32+/m0/s1. The average molecular weight is 497 g/mol. The zero-order chi connectivity index (χ0) is 26.1. The maximum atomic E-state index is 5.31. The molecular formula is C32H52N2O2. The van der Waals surface area contributed by atoms with Crippen molar-refractivity contribution in [2.24, 2.45) is 67.0 Å². The van der Waals surface area contributed by atoms with Crippen molar-refractivity contribution >= 4 is 11.9 Å². The predicted molar refractivity (Wildman–Crippen MR) is 149 cm³/mol. The first kappa shape index (κ1) is 26.3. The van der Waals surface area contributed by atoms with E-state index in [0.717, 1.165) is 18.3 Å². The van der Waals surface area contributed by atoms with Gasteiger partial charge in [-0.25, -0.2) is 0 Å². The Hall–Kier alpha value is -1.32. The van der Waals surface area contributed by atoms with E-state index in [1.807, 2.05) is 0 Å². The summed E-state index contributed by atoms with van der Waals surface area (Å²) in [6.45, 7) is 19.8. The van der Waals surface area contributed by atoms with Gasteiger partial charge in [-0.1, -0.05) is 57.1 Å². The molecule has 0 aromatic carbocycles. The zero-order valence-corrected chi connectivity index (χ0v) is 24.5. The molecule has 5 saturated carbocycles. The Morgan fingerprint density at radius 2 is 1.61 bits per heavy atom. The van der Waals surface area contributed by atoms with E-state index in [-0.39, 0.29) is 10.8 Å². The lowest BCUT2D eigenvalue weighted by molar-refractivity contribution is -0.222. The first-order valence-electron chi connectivity index (χ1n) is 14.7. The first-order chi connectivity index (χ1) is 16.9. The highest BCUT2D eigenvalue weighted by atomic mass is 16.6.